The summed E-state index contributed by atoms with van der Waals surface area (Å²) in [5.74, 6) is -0.240. The molecule has 0 spiro atoms. The van der Waals surface area contributed by atoms with Gasteiger partial charge in [-0.15, -0.1) is 0 Å². The Labute approximate surface area is 144 Å². The highest BCUT2D eigenvalue weighted by Gasteiger charge is 2.28. The molecule has 25 heavy (non-hydrogen) atoms. The zero-order valence-corrected chi connectivity index (χ0v) is 14.4. The fraction of sp³-hybridized carbons (Fsp3) is 0.533. The van der Waals surface area contributed by atoms with Crippen LogP contribution in [0.25, 0.3) is 0 Å². The number of hydrogen-bond donors (Lipinski definition) is 0. The number of carbonyl (C=O) groups excluding carboxylic acids is 1. The van der Waals surface area contributed by atoms with Crippen LogP contribution in [0, 0.1) is 0 Å². The van der Waals surface area contributed by atoms with Crippen molar-refractivity contribution in [3.63, 3.8) is 0 Å². The summed E-state index contributed by atoms with van der Waals surface area (Å²) in [5.41, 5.74) is 0.926. The summed E-state index contributed by atoms with van der Waals surface area (Å²) in [5, 5.41) is 0. The van der Waals surface area contributed by atoms with E-state index in [1.165, 1.54) is 28.6 Å². The molecule has 0 radical (unpaired) electrons. The van der Waals surface area contributed by atoms with Crippen LogP contribution in [0.1, 0.15) is 15.9 Å². The molecule has 1 aliphatic rings. The summed E-state index contributed by atoms with van der Waals surface area (Å²) in [6, 6.07) is 6.13. The number of sulfonamides is 1. The van der Waals surface area contributed by atoms with Gasteiger partial charge in [0.05, 0.1) is 12.9 Å². The molecule has 0 aliphatic carbocycles. The van der Waals surface area contributed by atoms with Crippen LogP contribution in [0.5, 0.6) is 0 Å². The van der Waals surface area contributed by atoms with Gasteiger partial charge in [-0.25, -0.2) is 8.42 Å². The van der Waals surface area contributed by atoms with E-state index >= 15 is 0 Å². The number of rotatable bonds is 5. The van der Waals surface area contributed by atoms with Crippen molar-refractivity contribution in [2.24, 2.45) is 0 Å². The lowest BCUT2D eigenvalue weighted by Crippen LogP contribution is -2.50. The van der Waals surface area contributed by atoms with E-state index in [0.29, 0.717) is 24.2 Å². The van der Waals surface area contributed by atoms with Gasteiger partial charge in [-0.05, 0) is 17.7 Å². The fourth-order valence-corrected chi connectivity index (χ4v) is 3.26. The van der Waals surface area contributed by atoms with Crippen molar-refractivity contribution in [1.29, 1.82) is 0 Å². The highest BCUT2D eigenvalue weighted by Crippen LogP contribution is 2.16. The van der Waals surface area contributed by atoms with Gasteiger partial charge in [-0.1, -0.05) is 12.1 Å². The molecular formula is C15H19F3N2O4S. The van der Waals surface area contributed by atoms with Crippen LogP contribution in [0.15, 0.2) is 24.3 Å². The van der Waals surface area contributed by atoms with Crippen LogP contribution < -0.4 is 0 Å². The van der Waals surface area contributed by atoms with Crippen molar-refractivity contribution >= 4 is 15.9 Å². The van der Waals surface area contributed by atoms with E-state index in [0.717, 1.165) is 6.26 Å². The summed E-state index contributed by atoms with van der Waals surface area (Å²) < 4.78 is 64.9. The molecule has 1 aromatic carbocycles. The summed E-state index contributed by atoms with van der Waals surface area (Å²) in [7, 11) is -3.26. The second-order valence-electron chi connectivity index (χ2n) is 5.76. The first-order valence-electron chi connectivity index (χ1n) is 7.54. The Morgan fingerprint density at radius 2 is 1.68 bits per heavy atom. The SMILES string of the molecule is CS(=O)(=O)N1CCN(C(=O)c2ccc(COCC(F)(F)F)cc2)CC1. The van der Waals surface area contributed by atoms with Crippen LogP contribution >= 0.6 is 0 Å². The first kappa shape index (κ1) is 19.7. The van der Waals surface area contributed by atoms with Gasteiger partial charge in [0.2, 0.25) is 10.0 Å². The van der Waals surface area contributed by atoms with E-state index in [1.54, 1.807) is 4.90 Å². The van der Waals surface area contributed by atoms with Crippen molar-refractivity contribution in [3.05, 3.63) is 35.4 Å². The summed E-state index contributed by atoms with van der Waals surface area (Å²) >= 11 is 0. The molecule has 0 saturated carbocycles. The monoisotopic (exact) mass is 380 g/mol. The Balaban J connectivity index is 1.88. The average molecular weight is 380 g/mol. The Morgan fingerprint density at radius 1 is 1.12 bits per heavy atom. The van der Waals surface area contributed by atoms with E-state index in [1.807, 2.05) is 0 Å². The number of halogens is 3. The summed E-state index contributed by atoms with van der Waals surface area (Å²) in [6.07, 6.45) is -3.24. The number of hydrogen-bond acceptors (Lipinski definition) is 4. The molecule has 2 rings (SSSR count). The first-order valence-corrected chi connectivity index (χ1v) is 9.39. The highest BCUT2D eigenvalue weighted by molar-refractivity contribution is 7.88. The van der Waals surface area contributed by atoms with Crippen LogP contribution in [-0.2, 0) is 21.4 Å². The minimum Gasteiger partial charge on any atom is -0.367 e. The maximum Gasteiger partial charge on any atom is 0.411 e. The predicted molar refractivity (Wildman–Crippen MR) is 84.5 cm³/mol. The normalized spacial score (nSPS) is 16.9. The third-order valence-electron chi connectivity index (χ3n) is 3.73. The van der Waals surface area contributed by atoms with Crippen LogP contribution in [0.3, 0.4) is 0 Å². The van der Waals surface area contributed by atoms with E-state index < -0.39 is 22.8 Å². The third-order valence-corrected chi connectivity index (χ3v) is 5.03. The molecule has 0 atom stereocenters. The van der Waals surface area contributed by atoms with Gasteiger partial charge < -0.3 is 9.64 Å². The third kappa shape index (κ3) is 5.98. The van der Waals surface area contributed by atoms with Crippen molar-refractivity contribution in [3.8, 4) is 0 Å². The van der Waals surface area contributed by atoms with Crippen LogP contribution in [0.2, 0.25) is 0 Å². The Morgan fingerprint density at radius 3 is 2.16 bits per heavy atom. The van der Waals surface area contributed by atoms with Gasteiger partial charge >= 0.3 is 6.18 Å². The van der Waals surface area contributed by atoms with E-state index in [-0.39, 0.29) is 25.6 Å². The number of benzene rings is 1. The van der Waals surface area contributed by atoms with Gasteiger partial charge in [-0.2, -0.15) is 17.5 Å². The summed E-state index contributed by atoms with van der Waals surface area (Å²) in [4.78, 5) is 13.9. The minimum absolute atomic E-state index is 0.193. The molecule has 0 unspecified atom stereocenters. The lowest BCUT2D eigenvalue weighted by molar-refractivity contribution is -0.176. The number of amides is 1. The van der Waals surface area contributed by atoms with Gasteiger partial charge in [0.1, 0.15) is 6.61 Å². The molecule has 0 bridgehead atoms. The lowest BCUT2D eigenvalue weighted by Gasteiger charge is -2.33. The quantitative estimate of drug-likeness (QED) is 0.776. The van der Waals surface area contributed by atoms with E-state index in [2.05, 4.69) is 4.74 Å². The lowest BCUT2D eigenvalue weighted by atomic mass is 10.1. The first-order chi connectivity index (χ1) is 11.6. The second kappa shape index (κ2) is 7.71. The zero-order chi connectivity index (χ0) is 18.7. The van der Waals surface area contributed by atoms with Crippen molar-refractivity contribution in [2.45, 2.75) is 12.8 Å². The largest absolute Gasteiger partial charge is 0.411 e. The standard InChI is InChI=1S/C15H19F3N2O4S/c1-25(22,23)20-8-6-19(7-9-20)14(21)13-4-2-12(3-5-13)10-24-11-15(16,17)18/h2-5H,6-11H2,1H3. The maximum atomic E-state index is 12.4. The average Bonchev–Trinajstić information content (AvgIpc) is 2.53. The maximum absolute atomic E-state index is 12.4. The summed E-state index contributed by atoms with van der Waals surface area (Å²) in [6.45, 7) is -0.439. The molecule has 0 aromatic heterocycles. The Kier molecular flexibility index (Phi) is 6.07. The number of alkyl halides is 3. The molecule has 0 N–H and O–H groups in total. The van der Waals surface area contributed by atoms with Gasteiger partial charge in [0.15, 0.2) is 0 Å². The van der Waals surface area contributed by atoms with E-state index in [9.17, 15) is 26.4 Å². The number of piperazine rings is 1. The Bertz CT molecular complexity index is 696. The van der Waals surface area contributed by atoms with Crippen LogP contribution in [-0.4, -0.2) is 68.7 Å². The van der Waals surface area contributed by atoms with Gasteiger partial charge in [0.25, 0.3) is 5.91 Å². The second-order valence-corrected chi connectivity index (χ2v) is 7.74. The minimum atomic E-state index is -4.37. The molecule has 1 amide bonds. The van der Waals surface area contributed by atoms with Crippen molar-refractivity contribution in [2.75, 3.05) is 39.0 Å². The highest BCUT2D eigenvalue weighted by atomic mass is 32.2. The van der Waals surface area contributed by atoms with Crippen LogP contribution in [0.4, 0.5) is 13.2 Å². The molecule has 10 heteroatoms. The molecule has 140 valence electrons. The molecule has 1 aromatic rings. The van der Waals surface area contributed by atoms with Gasteiger partial charge in [0, 0.05) is 31.7 Å². The van der Waals surface area contributed by atoms with E-state index in [4.69, 9.17) is 0 Å². The smallest absolute Gasteiger partial charge is 0.367 e. The number of carbonyl (C=O) groups is 1. The molecule has 6 nitrogen and oxygen atoms in total. The van der Waals surface area contributed by atoms with Gasteiger partial charge in [-0.3, -0.25) is 4.79 Å². The molecular weight excluding hydrogens is 361 g/mol. The zero-order valence-electron chi connectivity index (χ0n) is 13.6. The molecule has 1 aliphatic heterocycles. The number of ether oxygens (including phenoxy) is 1. The fourth-order valence-electron chi connectivity index (χ4n) is 2.43. The molecule has 1 fully saturated rings. The Hall–Kier alpha value is -1.65. The molecule has 1 heterocycles. The topological polar surface area (TPSA) is 66.9 Å². The molecule has 1 saturated heterocycles. The number of nitrogens with zero attached hydrogens (tertiary/aromatic N) is 2. The van der Waals surface area contributed by atoms with Crippen molar-refractivity contribution < 1.29 is 31.1 Å². The van der Waals surface area contributed by atoms with Crippen molar-refractivity contribution in [1.82, 2.24) is 9.21 Å². The predicted octanol–water partition coefficient (Wildman–Crippen LogP) is 1.48.